The van der Waals surface area contributed by atoms with E-state index in [4.69, 9.17) is 0 Å². The van der Waals surface area contributed by atoms with E-state index in [-0.39, 0.29) is 0 Å². The lowest BCUT2D eigenvalue weighted by Gasteiger charge is -2.34. The van der Waals surface area contributed by atoms with Crippen molar-refractivity contribution in [1.82, 2.24) is 19.8 Å². The minimum Gasteiger partial charge on any atom is -0.353 e. The van der Waals surface area contributed by atoms with Crippen molar-refractivity contribution in [3.8, 4) is 0 Å². The normalized spacial score (nSPS) is 17.5. The molecule has 0 unspecified atom stereocenters. The molecule has 0 spiro atoms. The van der Waals surface area contributed by atoms with E-state index in [9.17, 15) is 9.59 Å². The molecule has 2 amide bonds. The first-order valence-corrected chi connectivity index (χ1v) is 9.85. The lowest BCUT2D eigenvalue weighted by Crippen LogP contribution is -2.51. The monoisotopic (exact) mass is 386 g/mol. The van der Waals surface area contributed by atoms with Crippen LogP contribution in [0.25, 0.3) is 0 Å². The molecule has 0 aliphatic carbocycles. The minimum atomic E-state index is -0.610. The molecule has 0 radical (unpaired) electrons. The van der Waals surface area contributed by atoms with Crippen molar-refractivity contribution in [1.29, 1.82) is 0 Å². The fourth-order valence-electron chi connectivity index (χ4n) is 3.35. The average Bonchev–Trinajstić information content (AvgIpc) is 3.09. The Kier molecular flexibility index (Phi) is 5.04. The zero-order valence-corrected chi connectivity index (χ0v) is 16.0. The molecule has 9 heteroatoms. The third-order valence-corrected chi connectivity index (χ3v) is 5.87. The number of anilines is 2. The Morgan fingerprint density at radius 1 is 1.15 bits per heavy atom. The summed E-state index contributed by atoms with van der Waals surface area (Å²) in [5, 5.41) is 3.20. The van der Waals surface area contributed by atoms with E-state index in [1.54, 1.807) is 11.1 Å². The molecule has 0 saturated carbocycles. The van der Waals surface area contributed by atoms with Crippen molar-refractivity contribution in [2.24, 2.45) is 0 Å². The molecular formula is C18H22N6O2S. The maximum Gasteiger partial charge on any atom is 0.315 e. The standard InChI is InChI=1S/C18H22N6O2S/c1-22-7-5-13-14(12-22)27-18(20-13)21-16(25)17(26)24-10-8-23(9-11-24)15-4-2-3-6-19-15/h2-4,6H,5,7-12H2,1H3,(H,20,21,25). The van der Waals surface area contributed by atoms with Crippen LogP contribution in [0.15, 0.2) is 24.4 Å². The van der Waals surface area contributed by atoms with Crippen LogP contribution in [-0.2, 0) is 22.6 Å². The quantitative estimate of drug-likeness (QED) is 0.770. The summed E-state index contributed by atoms with van der Waals surface area (Å²) in [5.74, 6) is -0.214. The topological polar surface area (TPSA) is 81.7 Å². The second-order valence-corrected chi connectivity index (χ2v) is 7.88. The molecule has 1 saturated heterocycles. The van der Waals surface area contributed by atoms with Gasteiger partial charge >= 0.3 is 11.8 Å². The Morgan fingerprint density at radius 3 is 2.70 bits per heavy atom. The summed E-state index contributed by atoms with van der Waals surface area (Å²) in [6.07, 6.45) is 2.63. The molecule has 0 bridgehead atoms. The van der Waals surface area contributed by atoms with Crippen molar-refractivity contribution in [2.75, 3.05) is 50.0 Å². The summed E-state index contributed by atoms with van der Waals surface area (Å²) >= 11 is 1.46. The molecule has 2 aromatic heterocycles. The third-order valence-electron chi connectivity index (χ3n) is 4.88. The van der Waals surface area contributed by atoms with Gasteiger partial charge in [0, 0.05) is 56.8 Å². The maximum absolute atomic E-state index is 12.5. The highest BCUT2D eigenvalue weighted by Gasteiger charge is 2.27. The van der Waals surface area contributed by atoms with Crippen molar-refractivity contribution < 1.29 is 9.59 Å². The zero-order valence-electron chi connectivity index (χ0n) is 15.2. The molecule has 4 heterocycles. The number of fused-ring (bicyclic) bond motifs is 1. The molecule has 0 aromatic carbocycles. The number of amides is 2. The van der Waals surface area contributed by atoms with E-state index >= 15 is 0 Å². The molecule has 0 atom stereocenters. The smallest absolute Gasteiger partial charge is 0.315 e. The number of rotatable bonds is 2. The van der Waals surface area contributed by atoms with Gasteiger partial charge in [-0.25, -0.2) is 9.97 Å². The largest absolute Gasteiger partial charge is 0.353 e. The summed E-state index contributed by atoms with van der Waals surface area (Å²) in [6.45, 7) is 4.13. The highest BCUT2D eigenvalue weighted by Crippen LogP contribution is 2.27. The van der Waals surface area contributed by atoms with Crippen molar-refractivity contribution in [3.63, 3.8) is 0 Å². The van der Waals surface area contributed by atoms with E-state index in [1.807, 2.05) is 18.2 Å². The number of hydrogen-bond donors (Lipinski definition) is 1. The first-order valence-electron chi connectivity index (χ1n) is 9.03. The Labute approximate surface area is 161 Å². The molecule has 1 N–H and O–H groups in total. The van der Waals surface area contributed by atoms with Crippen LogP contribution in [0.3, 0.4) is 0 Å². The first-order chi connectivity index (χ1) is 13.1. The zero-order chi connectivity index (χ0) is 18.8. The van der Waals surface area contributed by atoms with Crippen molar-refractivity contribution in [3.05, 3.63) is 35.0 Å². The number of hydrogen-bond acceptors (Lipinski definition) is 7. The second kappa shape index (κ2) is 7.61. The highest BCUT2D eigenvalue weighted by atomic mass is 32.1. The molecule has 2 aliphatic heterocycles. The van der Waals surface area contributed by atoms with Crippen LogP contribution < -0.4 is 10.2 Å². The number of pyridine rings is 1. The number of piperazine rings is 1. The minimum absolute atomic E-state index is 0.499. The van der Waals surface area contributed by atoms with Crippen LogP contribution in [0.5, 0.6) is 0 Å². The van der Waals surface area contributed by atoms with Gasteiger partial charge in [0.25, 0.3) is 0 Å². The summed E-state index contributed by atoms with van der Waals surface area (Å²) in [5.41, 5.74) is 1.03. The maximum atomic E-state index is 12.5. The van der Waals surface area contributed by atoms with Gasteiger partial charge in [0.05, 0.1) is 5.69 Å². The average molecular weight is 386 g/mol. The van der Waals surface area contributed by atoms with Gasteiger partial charge in [-0.15, -0.1) is 11.3 Å². The summed E-state index contributed by atoms with van der Waals surface area (Å²) in [6, 6.07) is 5.77. The Morgan fingerprint density at radius 2 is 1.96 bits per heavy atom. The lowest BCUT2D eigenvalue weighted by molar-refractivity contribution is -0.143. The Bertz CT molecular complexity index is 832. The van der Waals surface area contributed by atoms with Gasteiger partial charge in [-0.2, -0.15) is 0 Å². The number of nitrogens with one attached hydrogen (secondary N) is 1. The fourth-order valence-corrected chi connectivity index (χ4v) is 4.43. The van der Waals surface area contributed by atoms with Crippen LogP contribution in [0.4, 0.5) is 10.9 Å². The predicted molar refractivity (Wildman–Crippen MR) is 104 cm³/mol. The van der Waals surface area contributed by atoms with Crippen molar-refractivity contribution >= 4 is 34.1 Å². The SMILES string of the molecule is CN1CCc2nc(NC(=O)C(=O)N3CCN(c4ccccn4)CC3)sc2C1. The van der Waals surface area contributed by atoms with Gasteiger partial charge in [0.15, 0.2) is 5.13 Å². The lowest BCUT2D eigenvalue weighted by atomic mass is 10.2. The molecule has 1 fully saturated rings. The number of aromatic nitrogens is 2. The van der Waals surface area contributed by atoms with Crippen LogP contribution in [0.1, 0.15) is 10.6 Å². The van der Waals surface area contributed by atoms with Crippen molar-refractivity contribution in [2.45, 2.75) is 13.0 Å². The summed E-state index contributed by atoms with van der Waals surface area (Å²) in [7, 11) is 2.06. The van der Waals surface area contributed by atoms with Gasteiger partial charge < -0.3 is 14.7 Å². The second-order valence-electron chi connectivity index (χ2n) is 6.80. The van der Waals surface area contributed by atoms with Crippen LogP contribution in [0.2, 0.25) is 0 Å². The third kappa shape index (κ3) is 3.93. The van der Waals surface area contributed by atoms with Crippen LogP contribution >= 0.6 is 11.3 Å². The van der Waals surface area contributed by atoms with Crippen LogP contribution in [-0.4, -0.2) is 71.4 Å². The van der Waals surface area contributed by atoms with E-state index in [2.05, 4.69) is 32.1 Å². The number of carbonyl (C=O) groups is 2. The van der Waals surface area contributed by atoms with Gasteiger partial charge in [-0.3, -0.25) is 14.9 Å². The van der Waals surface area contributed by atoms with Crippen LogP contribution in [0, 0.1) is 0 Å². The molecule has 27 heavy (non-hydrogen) atoms. The van der Waals surface area contributed by atoms with E-state index in [1.165, 1.54) is 11.3 Å². The van der Waals surface area contributed by atoms with E-state index < -0.39 is 11.8 Å². The van der Waals surface area contributed by atoms with Gasteiger partial charge in [0.1, 0.15) is 5.82 Å². The summed E-state index contributed by atoms with van der Waals surface area (Å²) < 4.78 is 0. The molecule has 4 rings (SSSR count). The van der Waals surface area contributed by atoms with Gasteiger partial charge in [0.2, 0.25) is 0 Å². The fraction of sp³-hybridized carbons (Fsp3) is 0.444. The van der Waals surface area contributed by atoms with Gasteiger partial charge in [-0.1, -0.05) is 6.07 Å². The molecule has 2 aromatic rings. The van der Waals surface area contributed by atoms with Gasteiger partial charge in [-0.05, 0) is 19.2 Å². The molecule has 8 nitrogen and oxygen atoms in total. The Balaban J connectivity index is 1.33. The molecular weight excluding hydrogens is 364 g/mol. The van der Waals surface area contributed by atoms with E-state index in [0.29, 0.717) is 31.3 Å². The van der Waals surface area contributed by atoms with E-state index in [0.717, 1.165) is 35.9 Å². The summed E-state index contributed by atoms with van der Waals surface area (Å²) in [4.78, 5) is 40.8. The number of likely N-dealkylation sites (N-methyl/N-ethyl adjacent to an activating group) is 1. The molecule has 2 aliphatic rings. The predicted octanol–water partition coefficient (Wildman–Crippen LogP) is 0.813. The highest BCUT2D eigenvalue weighted by molar-refractivity contribution is 7.16. The first kappa shape index (κ1) is 17.9. The number of thiazole rings is 1. The number of carbonyl (C=O) groups excluding carboxylic acids is 2. The molecule has 142 valence electrons. The Hall–Kier alpha value is -2.52. The number of nitrogens with zero attached hydrogens (tertiary/aromatic N) is 5.